The van der Waals surface area contributed by atoms with E-state index in [1.807, 2.05) is 12.1 Å². The molecule has 1 aromatic carbocycles. The summed E-state index contributed by atoms with van der Waals surface area (Å²) in [6.07, 6.45) is 2.75. The van der Waals surface area contributed by atoms with Gasteiger partial charge in [-0.1, -0.05) is 18.5 Å². The first-order valence-electron chi connectivity index (χ1n) is 7.20. The molecule has 0 saturated carbocycles. The summed E-state index contributed by atoms with van der Waals surface area (Å²) in [4.78, 5) is 8.98. The molecule has 3 rings (SSSR count). The largest absolute Gasteiger partial charge is 0.324 e. The molecule has 0 radical (unpaired) electrons. The van der Waals surface area contributed by atoms with E-state index < -0.39 is 0 Å². The summed E-state index contributed by atoms with van der Waals surface area (Å²) in [6.45, 7) is 7.33. The fourth-order valence-corrected chi connectivity index (χ4v) is 2.79. The van der Waals surface area contributed by atoms with Gasteiger partial charge in [0, 0.05) is 12.7 Å². The molecule has 108 valence electrons. The Balaban J connectivity index is 2.32. The molecule has 0 aliphatic carbocycles. The van der Waals surface area contributed by atoms with Gasteiger partial charge in [0.15, 0.2) is 0 Å². The lowest BCUT2D eigenvalue weighted by Crippen LogP contribution is -2.00. The molecule has 0 bridgehead atoms. The molecule has 3 aromatic rings. The third-order valence-corrected chi connectivity index (χ3v) is 4.11. The molecular formula is C17H18ClN3. The van der Waals surface area contributed by atoms with Gasteiger partial charge in [-0.15, -0.1) is 0 Å². The first kappa shape index (κ1) is 14.1. The average molecular weight is 300 g/mol. The van der Waals surface area contributed by atoms with Crippen LogP contribution < -0.4 is 0 Å². The van der Waals surface area contributed by atoms with E-state index in [4.69, 9.17) is 16.6 Å². The van der Waals surface area contributed by atoms with Crippen molar-refractivity contribution in [3.63, 3.8) is 0 Å². The maximum absolute atomic E-state index is 6.26. The Hall–Kier alpha value is -1.87. The Labute approximate surface area is 129 Å². The summed E-state index contributed by atoms with van der Waals surface area (Å²) in [5.74, 6) is 0.898. The van der Waals surface area contributed by atoms with Crippen LogP contribution in [0, 0.1) is 13.8 Å². The molecule has 0 unspecified atom stereocenters. The zero-order chi connectivity index (χ0) is 15.0. The van der Waals surface area contributed by atoms with Crippen molar-refractivity contribution in [2.24, 2.45) is 0 Å². The summed E-state index contributed by atoms with van der Waals surface area (Å²) < 4.78 is 2.24. The number of hydrogen-bond acceptors (Lipinski definition) is 2. The number of benzene rings is 1. The predicted molar refractivity (Wildman–Crippen MR) is 87.7 cm³/mol. The van der Waals surface area contributed by atoms with E-state index in [0.29, 0.717) is 5.15 Å². The predicted octanol–water partition coefficient (Wildman–Crippen LogP) is 4.78. The van der Waals surface area contributed by atoms with Gasteiger partial charge in [0.25, 0.3) is 0 Å². The second kappa shape index (κ2) is 5.49. The van der Waals surface area contributed by atoms with E-state index in [1.54, 1.807) is 6.20 Å². The highest BCUT2D eigenvalue weighted by molar-refractivity contribution is 6.32. The highest BCUT2D eigenvalue weighted by Gasteiger charge is 2.15. The summed E-state index contributed by atoms with van der Waals surface area (Å²) in [7, 11) is 0. The third kappa shape index (κ3) is 2.42. The zero-order valence-corrected chi connectivity index (χ0v) is 13.3. The van der Waals surface area contributed by atoms with Crippen LogP contribution in [0.2, 0.25) is 5.15 Å². The van der Waals surface area contributed by atoms with Crippen molar-refractivity contribution in [3.05, 3.63) is 46.7 Å². The summed E-state index contributed by atoms with van der Waals surface area (Å²) in [6, 6.07) is 8.22. The van der Waals surface area contributed by atoms with Gasteiger partial charge in [0.05, 0.1) is 16.6 Å². The SMILES string of the molecule is CCCn1c(-c2cccnc2Cl)nc2cc(C)c(C)cc21. The van der Waals surface area contributed by atoms with Crippen LogP contribution in [-0.4, -0.2) is 14.5 Å². The van der Waals surface area contributed by atoms with Crippen molar-refractivity contribution < 1.29 is 0 Å². The lowest BCUT2D eigenvalue weighted by Gasteiger charge is -2.09. The van der Waals surface area contributed by atoms with E-state index in [9.17, 15) is 0 Å². The van der Waals surface area contributed by atoms with Gasteiger partial charge in [-0.3, -0.25) is 0 Å². The number of rotatable bonds is 3. The van der Waals surface area contributed by atoms with Crippen molar-refractivity contribution in [2.45, 2.75) is 33.7 Å². The molecule has 21 heavy (non-hydrogen) atoms. The molecule has 0 aliphatic rings. The first-order chi connectivity index (χ1) is 10.1. The van der Waals surface area contributed by atoms with Gasteiger partial charge in [-0.05, 0) is 55.7 Å². The Morgan fingerprint density at radius 2 is 1.95 bits per heavy atom. The van der Waals surface area contributed by atoms with Crippen molar-refractivity contribution in [1.82, 2.24) is 14.5 Å². The molecular weight excluding hydrogens is 282 g/mol. The summed E-state index contributed by atoms with van der Waals surface area (Å²) in [5, 5.41) is 0.499. The molecule has 0 N–H and O–H groups in total. The molecule has 4 heteroatoms. The Bertz CT molecular complexity index is 805. The zero-order valence-electron chi connectivity index (χ0n) is 12.5. The van der Waals surface area contributed by atoms with Gasteiger partial charge >= 0.3 is 0 Å². The minimum Gasteiger partial charge on any atom is -0.324 e. The Morgan fingerprint density at radius 1 is 1.19 bits per heavy atom. The summed E-state index contributed by atoms with van der Waals surface area (Å²) >= 11 is 6.26. The summed E-state index contributed by atoms with van der Waals surface area (Å²) in [5.41, 5.74) is 5.60. The maximum atomic E-state index is 6.26. The van der Waals surface area contributed by atoms with Crippen LogP contribution in [0.3, 0.4) is 0 Å². The van der Waals surface area contributed by atoms with Gasteiger partial charge in [0.1, 0.15) is 11.0 Å². The molecule has 0 atom stereocenters. The number of imidazole rings is 1. The van der Waals surface area contributed by atoms with Gasteiger partial charge in [0.2, 0.25) is 0 Å². The molecule has 2 heterocycles. The van der Waals surface area contributed by atoms with Crippen LogP contribution >= 0.6 is 11.6 Å². The molecule has 0 spiro atoms. The number of pyridine rings is 1. The minimum atomic E-state index is 0.499. The normalized spacial score (nSPS) is 11.2. The van der Waals surface area contributed by atoms with Crippen LogP contribution in [0.5, 0.6) is 0 Å². The Kier molecular flexibility index (Phi) is 3.68. The molecule has 3 nitrogen and oxygen atoms in total. The van der Waals surface area contributed by atoms with Crippen molar-refractivity contribution in [1.29, 1.82) is 0 Å². The van der Waals surface area contributed by atoms with E-state index in [0.717, 1.165) is 35.4 Å². The Morgan fingerprint density at radius 3 is 2.67 bits per heavy atom. The topological polar surface area (TPSA) is 30.7 Å². The number of halogens is 1. The minimum absolute atomic E-state index is 0.499. The number of aromatic nitrogens is 3. The fraction of sp³-hybridized carbons (Fsp3) is 0.294. The van der Waals surface area contributed by atoms with E-state index in [-0.39, 0.29) is 0 Å². The van der Waals surface area contributed by atoms with Crippen LogP contribution in [0.25, 0.3) is 22.4 Å². The van der Waals surface area contributed by atoms with Crippen molar-refractivity contribution >= 4 is 22.6 Å². The lowest BCUT2D eigenvalue weighted by molar-refractivity contribution is 0.704. The van der Waals surface area contributed by atoms with Crippen molar-refractivity contribution in [2.75, 3.05) is 0 Å². The highest BCUT2D eigenvalue weighted by atomic mass is 35.5. The second-order valence-electron chi connectivity index (χ2n) is 5.35. The number of fused-ring (bicyclic) bond motifs is 1. The van der Waals surface area contributed by atoms with E-state index in [2.05, 4.69) is 42.5 Å². The highest BCUT2D eigenvalue weighted by Crippen LogP contribution is 2.30. The van der Waals surface area contributed by atoms with Crippen LogP contribution in [-0.2, 0) is 6.54 Å². The maximum Gasteiger partial charge on any atom is 0.144 e. The van der Waals surface area contributed by atoms with Crippen molar-refractivity contribution in [3.8, 4) is 11.4 Å². The smallest absolute Gasteiger partial charge is 0.144 e. The standard InChI is InChI=1S/C17H18ClN3/c1-4-8-21-15-10-12(3)11(2)9-14(15)20-17(21)13-6-5-7-19-16(13)18/h5-7,9-10H,4,8H2,1-3H3. The number of hydrogen-bond donors (Lipinski definition) is 0. The molecule has 2 aromatic heterocycles. The van der Waals surface area contributed by atoms with Gasteiger partial charge in [-0.2, -0.15) is 0 Å². The quantitative estimate of drug-likeness (QED) is 0.652. The first-order valence-corrected chi connectivity index (χ1v) is 7.58. The third-order valence-electron chi connectivity index (χ3n) is 3.81. The van der Waals surface area contributed by atoms with E-state index >= 15 is 0 Å². The van der Waals surface area contributed by atoms with Gasteiger partial charge < -0.3 is 4.57 Å². The molecule has 0 saturated heterocycles. The van der Waals surface area contributed by atoms with Crippen LogP contribution in [0.4, 0.5) is 0 Å². The average Bonchev–Trinajstić information content (AvgIpc) is 2.79. The molecule has 0 amide bonds. The fourth-order valence-electron chi connectivity index (χ4n) is 2.59. The van der Waals surface area contributed by atoms with Crippen LogP contribution in [0.15, 0.2) is 30.5 Å². The molecule has 0 aliphatic heterocycles. The number of nitrogens with zero attached hydrogens (tertiary/aromatic N) is 3. The van der Waals surface area contributed by atoms with Gasteiger partial charge in [-0.25, -0.2) is 9.97 Å². The monoisotopic (exact) mass is 299 g/mol. The second-order valence-corrected chi connectivity index (χ2v) is 5.71. The lowest BCUT2D eigenvalue weighted by atomic mass is 10.1. The van der Waals surface area contributed by atoms with E-state index in [1.165, 1.54) is 11.1 Å². The molecule has 0 fully saturated rings. The van der Waals surface area contributed by atoms with Crippen LogP contribution in [0.1, 0.15) is 24.5 Å². The number of aryl methyl sites for hydroxylation is 3.